The van der Waals surface area contributed by atoms with Gasteiger partial charge in [0.1, 0.15) is 5.75 Å². The molecule has 1 amide bonds. The zero-order chi connectivity index (χ0) is 16.9. The molecule has 0 aliphatic carbocycles. The van der Waals surface area contributed by atoms with Crippen LogP contribution in [0.15, 0.2) is 12.1 Å². The van der Waals surface area contributed by atoms with Crippen LogP contribution in [0.25, 0.3) is 0 Å². The van der Waals surface area contributed by atoms with Gasteiger partial charge in [-0.2, -0.15) is 0 Å². The summed E-state index contributed by atoms with van der Waals surface area (Å²) in [5.74, 6) is 0.181. The molecule has 0 heterocycles. The maximum atomic E-state index is 11.9. The summed E-state index contributed by atoms with van der Waals surface area (Å²) in [6.45, 7) is 10.8. The quantitative estimate of drug-likeness (QED) is 0.760. The van der Waals surface area contributed by atoms with Crippen LogP contribution in [0.4, 0.5) is 0 Å². The van der Waals surface area contributed by atoms with E-state index in [0.717, 1.165) is 35.3 Å². The first-order chi connectivity index (χ1) is 10.2. The predicted molar refractivity (Wildman–Crippen MR) is 89.1 cm³/mol. The normalized spacial score (nSPS) is 13.0. The zero-order valence-electron chi connectivity index (χ0n) is 14.4. The Hall–Kier alpha value is -1.55. The first kappa shape index (κ1) is 18.5. The number of aliphatic hydroxyl groups excluding tert-OH is 1. The molecule has 0 bridgehead atoms. The Morgan fingerprint density at radius 1 is 1.23 bits per heavy atom. The number of aryl methyl sites for hydroxylation is 2. The van der Waals surface area contributed by atoms with Crippen molar-refractivity contribution in [1.29, 1.82) is 0 Å². The Labute approximate surface area is 133 Å². The number of benzene rings is 1. The molecule has 0 aliphatic rings. The smallest absolute Gasteiger partial charge is 0.225 e. The fourth-order valence-electron chi connectivity index (χ4n) is 2.88. The van der Waals surface area contributed by atoms with Crippen molar-refractivity contribution in [3.05, 3.63) is 28.8 Å². The van der Waals surface area contributed by atoms with Crippen molar-refractivity contribution in [2.75, 3.05) is 13.2 Å². The first-order valence-electron chi connectivity index (χ1n) is 7.82. The molecule has 1 rings (SSSR count). The van der Waals surface area contributed by atoms with Gasteiger partial charge in [-0.15, -0.1) is 0 Å². The van der Waals surface area contributed by atoms with Gasteiger partial charge in [0.15, 0.2) is 0 Å². The molecular weight excluding hydrogens is 278 g/mol. The van der Waals surface area contributed by atoms with Gasteiger partial charge in [0.2, 0.25) is 5.91 Å². The lowest BCUT2D eigenvalue weighted by Crippen LogP contribution is -2.33. The van der Waals surface area contributed by atoms with Gasteiger partial charge >= 0.3 is 0 Å². The van der Waals surface area contributed by atoms with E-state index in [-0.39, 0.29) is 23.8 Å². The lowest BCUT2D eigenvalue weighted by Gasteiger charge is -2.31. The Balaban J connectivity index is 3.05. The number of hydrogen-bond donors (Lipinski definition) is 2. The lowest BCUT2D eigenvalue weighted by atomic mass is 9.73. The highest BCUT2D eigenvalue weighted by atomic mass is 16.5. The molecule has 0 saturated heterocycles. The van der Waals surface area contributed by atoms with Crippen molar-refractivity contribution >= 4 is 5.91 Å². The molecule has 1 aromatic carbocycles. The Bertz CT molecular complexity index is 495. The highest BCUT2D eigenvalue weighted by Crippen LogP contribution is 2.39. The van der Waals surface area contributed by atoms with Crippen LogP contribution in [0.1, 0.15) is 56.2 Å². The van der Waals surface area contributed by atoms with E-state index >= 15 is 0 Å². The van der Waals surface area contributed by atoms with E-state index in [1.165, 1.54) is 0 Å². The Kier molecular flexibility index (Phi) is 6.42. The molecule has 1 atom stereocenters. The predicted octanol–water partition coefficient (Wildman–Crippen LogP) is 3.07. The summed E-state index contributed by atoms with van der Waals surface area (Å²) in [6.07, 6.45) is 1.56. The summed E-state index contributed by atoms with van der Waals surface area (Å²) in [4.78, 5) is 11.9. The fraction of sp³-hybridized carbons (Fsp3) is 0.611. The van der Waals surface area contributed by atoms with Gasteiger partial charge in [0.25, 0.3) is 0 Å². The molecule has 124 valence electrons. The average molecular weight is 307 g/mol. The lowest BCUT2D eigenvalue weighted by molar-refractivity contribution is -0.121. The minimum absolute atomic E-state index is 0.187. The monoisotopic (exact) mass is 307 g/mol. The molecule has 0 radical (unpaired) electrons. The van der Waals surface area contributed by atoms with Crippen molar-refractivity contribution in [1.82, 2.24) is 0 Å². The van der Waals surface area contributed by atoms with Crippen molar-refractivity contribution in [2.24, 2.45) is 11.1 Å². The van der Waals surface area contributed by atoms with Gasteiger partial charge in [-0.3, -0.25) is 4.79 Å². The third kappa shape index (κ3) is 4.73. The van der Waals surface area contributed by atoms with Gasteiger partial charge in [0.05, 0.1) is 12.5 Å². The second-order valence-electron chi connectivity index (χ2n) is 6.95. The van der Waals surface area contributed by atoms with Gasteiger partial charge < -0.3 is 15.6 Å². The van der Waals surface area contributed by atoms with E-state index < -0.39 is 0 Å². The largest absolute Gasteiger partial charge is 0.494 e. The molecule has 3 N–H and O–H groups in total. The summed E-state index contributed by atoms with van der Waals surface area (Å²) in [5.41, 5.74) is 8.47. The molecular formula is C18H29NO3. The van der Waals surface area contributed by atoms with Crippen molar-refractivity contribution in [2.45, 2.75) is 53.4 Å². The molecule has 1 unspecified atom stereocenters. The van der Waals surface area contributed by atoms with Crippen LogP contribution in [-0.2, 0) is 4.79 Å². The van der Waals surface area contributed by atoms with Crippen LogP contribution in [0, 0.1) is 19.3 Å². The van der Waals surface area contributed by atoms with Crippen LogP contribution in [0.2, 0.25) is 0 Å². The number of aliphatic hydroxyl groups is 1. The average Bonchev–Trinajstić information content (AvgIpc) is 2.37. The molecule has 4 heteroatoms. The molecule has 0 saturated carbocycles. The Morgan fingerprint density at radius 2 is 1.77 bits per heavy atom. The fourth-order valence-corrected chi connectivity index (χ4v) is 2.88. The molecule has 0 aliphatic heterocycles. The van der Waals surface area contributed by atoms with Crippen molar-refractivity contribution in [3.63, 3.8) is 0 Å². The number of primary amides is 1. The molecule has 1 aromatic rings. The van der Waals surface area contributed by atoms with Crippen LogP contribution in [0.5, 0.6) is 5.75 Å². The SMILES string of the molecule is Cc1cc(OCCCCO)cc(C)c1C(C(N)=O)C(C)(C)C. The van der Waals surface area contributed by atoms with Crippen LogP contribution >= 0.6 is 0 Å². The summed E-state index contributed by atoms with van der Waals surface area (Å²) in [5, 5.41) is 8.78. The van der Waals surface area contributed by atoms with Crippen LogP contribution in [0.3, 0.4) is 0 Å². The zero-order valence-corrected chi connectivity index (χ0v) is 14.4. The third-order valence-corrected chi connectivity index (χ3v) is 3.83. The molecule has 0 aromatic heterocycles. The van der Waals surface area contributed by atoms with Crippen molar-refractivity contribution < 1.29 is 14.6 Å². The number of rotatable bonds is 7. The number of unbranched alkanes of at least 4 members (excludes halogenated alkanes) is 1. The summed E-state index contributed by atoms with van der Waals surface area (Å²) in [6, 6.07) is 3.92. The number of nitrogens with two attached hydrogens (primary N) is 1. The van der Waals surface area contributed by atoms with Gasteiger partial charge in [0, 0.05) is 6.61 Å². The number of ether oxygens (including phenoxy) is 1. The maximum absolute atomic E-state index is 11.9. The third-order valence-electron chi connectivity index (χ3n) is 3.83. The summed E-state index contributed by atoms with van der Waals surface area (Å²) >= 11 is 0. The van der Waals surface area contributed by atoms with E-state index in [4.69, 9.17) is 15.6 Å². The van der Waals surface area contributed by atoms with Crippen LogP contribution in [-0.4, -0.2) is 24.2 Å². The number of amides is 1. The second kappa shape index (κ2) is 7.63. The van der Waals surface area contributed by atoms with Gasteiger partial charge in [-0.05, 0) is 60.9 Å². The number of carbonyl (C=O) groups is 1. The Morgan fingerprint density at radius 3 is 2.18 bits per heavy atom. The minimum Gasteiger partial charge on any atom is -0.494 e. The number of carbonyl (C=O) groups excluding carboxylic acids is 1. The molecule has 0 spiro atoms. The minimum atomic E-state index is -0.323. The van der Waals surface area contributed by atoms with E-state index in [9.17, 15) is 4.79 Å². The highest BCUT2D eigenvalue weighted by Gasteiger charge is 2.33. The molecule has 22 heavy (non-hydrogen) atoms. The van der Waals surface area contributed by atoms with Crippen LogP contribution < -0.4 is 10.5 Å². The molecule has 4 nitrogen and oxygen atoms in total. The maximum Gasteiger partial charge on any atom is 0.225 e. The standard InChI is InChI=1S/C18H29NO3/c1-12-10-14(22-9-7-6-8-20)11-13(2)15(12)16(17(19)21)18(3,4)5/h10-11,16,20H,6-9H2,1-5H3,(H2,19,21). The first-order valence-corrected chi connectivity index (χ1v) is 7.82. The second-order valence-corrected chi connectivity index (χ2v) is 6.95. The van der Waals surface area contributed by atoms with Gasteiger partial charge in [-0.25, -0.2) is 0 Å². The van der Waals surface area contributed by atoms with E-state index in [0.29, 0.717) is 6.61 Å². The van der Waals surface area contributed by atoms with E-state index in [2.05, 4.69) is 0 Å². The van der Waals surface area contributed by atoms with Crippen molar-refractivity contribution in [3.8, 4) is 5.75 Å². The molecule has 0 fully saturated rings. The summed E-state index contributed by atoms with van der Waals surface area (Å²) in [7, 11) is 0. The topological polar surface area (TPSA) is 72.6 Å². The number of hydrogen-bond acceptors (Lipinski definition) is 3. The summed E-state index contributed by atoms with van der Waals surface area (Å²) < 4.78 is 5.72. The van der Waals surface area contributed by atoms with E-state index in [1.54, 1.807) is 0 Å². The highest BCUT2D eigenvalue weighted by molar-refractivity contribution is 5.83. The van der Waals surface area contributed by atoms with E-state index in [1.807, 2.05) is 46.8 Å². The van der Waals surface area contributed by atoms with Gasteiger partial charge in [-0.1, -0.05) is 20.8 Å².